The fourth-order valence-corrected chi connectivity index (χ4v) is 2.99. The van der Waals surface area contributed by atoms with Gasteiger partial charge in [0.1, 0.15) is 11.6 Å². The zero-order valence-corrected chi connectivity index (χ0v) is 13.6. The summed E-state index contributed by atoms with van der Waals surface area (Å²) in [6.07, 6.45) is 0.256. The maximum atomic E-state index is 13.9. The number of nitrogens with zero attached hydrogens (tertiary/aromatic N) is 1. The first-order valence-electron chi connectivity index (χ1n) is 7.79. The predicted molar refractivity (Wildman–Crippen MR) is 89.2 cm³/mol. The summed E-state index contributed by atoms with van der Waals surface area (Å²) in [5.41, 5.74) is 7.30. The number of aryl methyl sites for hydroxylation is 1. The van der Waals surface area contributed by atoms with Crippen LogP contribution in [-0.4, -0.2) is 23.4 Å². The van der Waals surface area contributed by atoms with Crippen molar-refractivity contribution in [1.29, 1.82) is 0 Å². The third-order valence-corrected chi connectivity index (χ3v) is 4.33. The van der Waals surface area contributed by atoms with E-state index in [-0.39, 0.29) is 25.1 Å². The molecule has 1 heterocycles. The first kappa shape index (κ1) is 16.9. The topological polar surface area (TPSA) is 75.4 Å². The average Bonchev–Trinajstić information content (AvgIpc) is 2.57. The van der Waals surface area contributed by atoms with Crippen LogP contribution in [0.3, 0.4) is 0 Å². The van der Waals surface area contributed by atoms with Crippen LogP contribution in [0, 0.1) is 18.6 Å². The number of halogens is 2. The number of rotatable bonds is 2. The van der Waals surface area contributed by atoms with E-state index in [0.717, 1.165) is 12.1 Å². The van der Waals surface area contributed by atoms with Gasteiger partial charge in [0, 0.05) is 23.4 Å². The van der Waals surface area contributed by atoms with Crippen LogP contribution in [0.15, 0.2) is 30.3 Å². The fraction of sp³-hybridized carbons (Fsp3) is 0.222. The summed E-state index contributed by atoms with van der Waals surface area (Å²) in [6, 6.07) is 6.50. The molecular formula is C18H17F2N3O2. The third kappa shape index (κ3) is 3.31. The lowest BCUT2D eigenvalue weighted by atomic mass is 9.99. The molecule has 0 saturated carbocycles. The zero-order valence-electron chi connectivity index (χ0n) is 13.6. The first-order chi connectivity index (χ1) is 11.9. The Bertz CT molecular complexity index is 868. The van der Waals surface area contributed by atoms with Gasteiger partial charge in [0.25, 0.3) is 0 Å². The van der Waals surface area contributed by atoms with E-state index in [0.29, 0.717) is 22.4 Å². The molecule has 0 saturated heterocycles. The SMILES string of the molecule is Cc1cc(NC(=O)N2CCc3c(F)ccc(F)c3C2)ccc1C(N)=O. The predicted octanol–water partition coefficient (Wildman–Crippen LogP) is 2.96. The van der Waals surface area contributed by atoms with Crippen LogP contribution in [-0.2, 0) is 13.0 Å². The molecule has 130 valence electrons. The van der Waals surface area contributed by atoms with Gasteiger partial charge in [-0.15, -0.1) is 0 Å². The van der Waals surface area contributed by atoms with E-state index in [4.69, 9.17) is 5.73 Å². The van der Waals surface area contributed by atoms with E-state index in [1.54, 1.807) is 19.1 Å². The summed E-state index contributed by atoms with van der Waals surface area (Å²) in [5, 5.41) is 2.70. The number of anilines is 1. The van der Waals surface area contributed by atoms with Gasteiger partial charge in [-0.25, -0.2) is 13.6 Å². The quantitative estimate of drug-likeness (QED) is 0.878. The maximum Gasteiger partial charge on any atom is 0.322 e. The van der Waals surface area contributed by atoms with Crippen molar-refractivity contribution in [3.63, 3.8) is 0 Å². The molecule has 7 heteroatoms. The molecule has 5 nitrogen and oxygen atoms in total. The Kier molecular flexibility index (Phi) is 4.39. The van der Waals surface area contributed by atoms with Crippen LogP contribution in [0.4, 0.5) is 19.3 Å². The summed E-state index contributed by atoms with van der Waals surface area (Å²) in [4.78, 5) is 25.1. The third-order valence-electron chi connectivity index (χ3n) is 4.33. The molecule has 0 radical (unpaired) electrons. The highest BCUT2D eigenvalue weighted by atomic mass is 19.1. The number of benzene rings is 2. The van der Waals surface area contributed by atoms with Crippen molar-refractivity contribution < 1.29 is 18.4 Å². The van der Waals surface area contributed by atoms with Crippen LogP contribution in [0.5, 0.6) is 0 Å². The summed E-state index contributed by atoms with van der Waals surface area (Å²) in [6.45, 7) is 2.01. The molecule has 0 spiro atoms. The molecular weight excluding hydrogens is 328 g/mol. The zero-order chi connectivity index (χ0) is 18.1. The average molecular weight is 345 g/mol. The molecule has 3 amide bonds. The lowest BCUT2D eigenvalue weighted by Gasteiger charge is -2.29. The monoisotopic (exact) mass is 345 g/mol. The molecule has 25 heavy (non-hydrogen) atoms. The van der Waals surface area contributed by atoms with Crippen LogP contribution in [0.25, 0.3) is 0 Å². The van der Waals surface area contributed by atoms with Crippen molar-refractivity contribution >= 4 is 17.6 Å². The molecule has 1 aliphatic heterocycles. The van der Waals surface area contributed by atoms with Crippen molar-refractivity contribution in [2.45, 2.75) is 19.9 Å². The largest absolute Gasteiger partial charge is 0.366 e. The number of nitrogens with two attached hydrogens (primary N) is 1. The van der Waals surface area contributed by atoms with E-state index in [9.17, 15) is 18.4 Å². The van der Waals surface area contributed by atoms with Gasteiger partial charge in [0.2, 0.25) is 5.91 Å². The Labute approximate surface area is 143 Å². The second-order valence-electron chi connectivity index (χ2n) is 5.98. The van der Waals surface area contributed by atoms with Crippen LogP contribution in [0.1, 0.15) is 27.0 Å². The summed E-state index contributed by atoms with van der Waals surface area (Å²) in [7, 11) is 0. The number of primary amides is 1. The van der Waals surface area contributed by atoms with Crippen molar-refractivity contribution in [2.75, 3.05) is 11.9 Å². The Morgan fingerprint density at radius 3 is 2.44 bits per heavy atom. The number of fused-ring (bicyclic) bond motifs is 1. The van der Waals surface area contributed by atoms with Crippen molar-refractivity contribution in [1.82, 2.24) is 4.90 Å². The molecule has 3 rings (SSSR count). The molecule has 2 aromatic rings. The number of amides is 3. The van der Waals surface area contributed by atoms with Gasteiger partial charge in [-0.05, 0) is 54.8 Å². The molecule has 2 aromatic carbocycles. The van der Waals surface area contributed by atoms with Crippen molar-refractivity contribution in [3.05, 3.63) is 64.2 Å². The fourth-order valence-electron chi connectivity index (χ4n) is 2.99. The second kappa shape index (κ2) is 6.51. The van der Waals surface area contributed by atoms with Crippen LogP contribution < -0.4 is 11.1 Å². The molecule has 0 atom stereocenters. The molecule has 3 N–H and O–H groups in total. The number of nitrogens with one attached hydrogen (secondary N) is 1. The molecule has 0 aliphatic carbocycles. The van der Waals surface area contributed by atoms with Gasteiger partial charge >= 0.3 is 6.03 Å². The standard InChI is InChI=1S/C18H17F2N3O2/c1-10-8-11(2-3-12(10)17(21)24)22-18(25)23-7-6-13-14(9-23)16(20)5-4-15(13)19/h2-5,8H,6-7,9H2,1H3,(H2,21,24)(H,22,25). The minimum Gasteiger partial charge on any atom is -0.366 e. The molecule has 0 unspecified atom stereocenters. The molecule has 0 aromatic heterocycles. The highest BCUT2D eigenvalue weighted by Crippen LogP contribution is 2.25. The normalized spacial score (nSPS) is 13.3. The van der Waals surface area contributed by atoms with Gasteiger partial charge in [-0.1, -0.05) is 0 Å². The molecule has 0 fully saturated rings. The first-order valence-corrected chi connectivity index (χ1v) is 7.79. The van der Waals surface area contributed by atoms with Crippen LogP contribution >= 0.6 is 0 Å². The van der Waals surface area contributed by atoms with E-state index < -0.39 is 23.6 Å². The summed E-state index contributed by atoms with van der Waals surface area (Å²) >= 11 is 0. The second-order valence-corrected chi connectivity index (χ2v) is 5.98. The highest BCUT2D eigenvalue weighted by Gasteiger charge is 2.25. The minimum atomic E-state index is -0.541. The van der Waals surface area contributed by atoms with E-state index in [1.165, 1.54) is 11.0 Å². The summed E-state index contributed by atoms with van der Waals surface area (Å²) in [5.74, 6) is -1.51. The number of hydrogen-bond acceptors (Lipinski definition) is 2. The van der Waals surface area contributed by atoms with Crippen molar-refractivity contribution in [3.8, 4) is 0 Å². The number of carbonyl (C=O) groups excluding carboxylic acids is 2. The van der Waals surface area contributed by atoms with Crippen LogP contribution in [0.2, 0.25) is 0 Å². The lowest BCUT2D eigenvalue weighted by molar-refractivity contribution is 0.0999. The maximum absolute atomic E-state index is 13.9. The van der Waals surface area contributed by atoms with E-state index >= 15 is 0 Å². The summed E-state index contributed by atoms with van der Waals surface area (Å²) < 4.78 is 27.7. The highest BCUT2D eigenvalue weighted by molar-refractivity contribution is 5.96. The Balaban J connectivity index is 1.75. The van der Waals surface area contributed by atoms with Gasteiger partial charge in [-0.3, -0.25) is 4.79 Å². The Morgan fingerprint density at radius 2 is 1.80 bits per heavy atom. The van der Waals surface area contributed by atoms with E-state index in [1.807, 2.05) is 0 Å². The van der Waals surface area contributed by atoms with Gasteiger partial charge in [0.05, 0.1) is 6.54 Å². The van der Waals surface area contributed by atoms with Gasteiger partial charge < -0.3 is 16.0 Å². The number of urea groups is 1. The minimum absolute atomic E-state index is 0.00309. The van der Waals surface area contributed by atoms with Gasteiger partial charge in [0.15, 0.2) is 0 Å². The van der Waals surface area contributed by atoms with E-state index in [2.05, 4.69) is 5.32 Å². The van der Waals surface area contributed by atoms with Crippen molar-refractivity contribution in [2.24, 2.45) is 5.73 Å². The number of carbonyl (C=O) groups is 2. The Hall–Kier alpha value is -2.96. The molecule has 1 aliphatic rings. The molecule has 0 bridgehead atoms. The number of hydrogen-bond donors (Lipinski definition) is 2. The Morgan fingerprint density at radius 1 is 1.12 bits per heavy atom. The lowest BCUT2D eigenvalue weighted by Crippen LogP contribution is -2.39. The smallest absolute Gasteiger partial charge is 0.322 e. The van der Waals surface area contributed by atoms with Gasteiger partial charge in [-0.2, -0.15) is 0 Å².